The van der Waals surface area contributed by atoms with E-state index in [1.165, 1.54) is 23.5 Å². The Hall–Kier alpha value is -2.34. The van der Waals surface area contributed by atoms with Crippen molar-refractivity contribution in [3.63, 3.8) is 0 Å². The van der Waals surface area contributed by atoms with Crippen LogP contribution in [0, 0.1) is 5.41 Å². The minimum atomic E-state index is -4.46. The fourth-order valence-electron chi connectivity index (χ4n) is 5.21. The summed E-state index contributed by atoms with van der Waals surface area (Å²) in [4.78, 5) is 20.1. The third-order valence-electron chi connectivity index (χ3n) is 7.30. The van der Waals surface area contributed by atoms with Crippen LogP contribution in [0.25, 0.3) is 0 Å². The molecule has 1 aliphatic heterocycles. The summed E-state index contributed by atoms with van der Waals surface area (Å²) in [6.07, 6.45) is 1.31. The highest BCUT2D eigenvalue weighted by molar-refractivity contribution is 7.11. The number of hydrogen-bond donors (Lipinski definition) is 3. The van der Waals surface area contributed by atoms with Gasteiger partial charge in [0.1, 0.15) is 10.6 Å². The zero-order valence-corrected chi connectivity index (χ0v) is 21.6. The van der Waals surface area contributed by atoms with Gasteiger partial charge < -0.3 is 20.6 Å². The molecular weight excluding hydrogens is 505 g/mol. The van der Waals surface area contributed by atoms with Crippen LogP contribution >= 0.6 is 11.3 Å². The van der Waals surface area contributed by atoms with Crippen LogP contribution in [0.15, 0.2) is 30.5 Å². The maximum atomic E-state index is 12.9. The van der Waals surface area contributed by atoms with E-state index in [0.29, 0.717) is 25.5 Å². The second-order valence-electron chi connectivity index (χ2n) is 9.92. The van der Waals surface area contributed by atoms with Gasteiger partial charge in [-0.2, -0.15) is 13.2 Å². The number of ether oxygens (including phenoxy) is 1. The van der Waals surface area contributed by atoms with Gasteiger partial charge in [-0.1, -0.05) is 12.1 Å². The van der Waals surface area contributed by atoms with E-state index in [-0.39, 0.29) is 36.1 Å². The van der Waals surface area contributed by atoms with Gasteiger partial charge in [0.2, 0.25) is 5.91 Å². The zero-order valence-electron chi connectivity index (χ0n) is 20.8. The molecule has 1 atom stereocenters. The predicted octanol–water partition coefficient (Wildman–Crippen LogP) is 4.48. The average molecular weight is 539 g/mol. The highest BCUT2D eigenvalue weighted by atomic mass is 32.1. The molecule has 4 rings (SSSR count). The number of aliphatic hydroxyl groups is 1. The maximum absolute atomic E-state index is 12.9. The molecule has 37 heavy (non-hydrogen) atoms. The van der Waals surface area contributed by atoms with Crippen LogP contribution in [-0.2, 0) is 27.9 Å². The van der Waals surface area contributed by atoms with Gasteiger partial charge in [0.25, 0.3) is 0 Å². The number of rotatable bonds is 9. The first-order valence-corrected chi connectivity index (χ1v) is 13.3. The smallest absolute Gasteiger partial charge is 0.384 e. The number of nitrogens with zero attached hydrogens (tertiary/aromatic N) is 2. The Balaban J connectivity index is 1.21. The fourth-order valence-corrected chi connectivity index (χ4v) is 6.25. The number of nitrogens with one attached hydrogen (secondary N) is 2. The van der Waals surface area contributed by atoms with Crippen molar-refractivity contribution in [2.75, 3.05) is 20.2 Å². The van der Waals surface area contributed by atoms with E-state index in [2.05, 4.69) is 15.2 Å². The Bertz CT molecular complexity index is 1100. The zero-order chi connectivity index (χ0) is 26.6. The third-order valence-corrected chi connectivity index (χ3v) is 8.47. The largest absolute Gasteiger partial charge is 0.416 e. The third kappa shape index (κ3) is 6.95. The normalized spacial score (nSPS) is 24.8. The minimum absolute atomic E-state index is 0.00847. The summed E-state index contributed by atoms with van der Waals surface area (Å²) in [6, 6.07) is 5.02. The van der Waals surface area contributed by atoms with Crippen molar-refractivity contribution in [1.29, 1.82) is 5.41 Å². The summed E-state index contributed by atoms with van der Waals surface area (Å²) in [5.74, 6) is -0.196. The van der Waals surface area contributed by atoms with Crippen molar-refractivity contribution in [1.82, 2.24) is 15.2 Å². The van der Waals surface area contributed by atoms with E-state index in [4.69, 9.17) is 10.1 Å². The minimum Gasteiger partial charge on any atom is -0.384 e. The number of hydrogen-bond acceptors (Lipinski definition) is 7. The van der Waals surface area contributed by atoms with Crippen LogP contribution in [0.5, 0.6) is 0 Å². The molecule has 1 unspecified atom stereocenters. The molecule has 11 heteroatoms. The highest BCUT2D eigenvalue weighted by Crippen LogP contribution is 2.41. The van der Waals surface area contributed by atoms with Crippen LogP contribution in [0.4, 0.5) is 13.2 Å². The van der Waals surface area contributed by atoms with Crippen molar-refractivity contribution in [2.24, 2.45) is 0 Å². The van der Waals surface area contributed by atoms with Crippen LogP contribution in [-0.4, -0.2) is 58.9 Å². The number of likely N-dealkylation sites (tertiary alicyclic amines) is 1. The second-order valence-corrected chi connectivity index (χ2v) is 11.0. The maximum Gasteiger partial charge on any atom is 0.416 e. The van der Waals surface area contributed by atoms with E-state index in [9.17, 15) is 23.1 Å². The molecule has 2 aromatic rings. The van der Waals surface area contributed by atoms with Crippen LogP contribution in [0.1, 0.15) is 66.0 Å². The van der Waals surface area contributed by atoms with Crippen LogP contribution in [0.3, 0.4) is 0 Å². The molecule has 1 saturated heterocycles. The number of methoxy groups -OCH3 is 1. The molecule has 0 bridgehead atoms. The van der Waals surface area contributed by atoms with Gasteiger partial charge in [0.05, 0.1) is 17.0 Å². The SMILES string of the molecule is COCc1ncc(C2(O)CCC(N3CCC(NC(=O)CCC(=N)c4cccc(C(F)(F)F)c4)C3)CC2)s1. The summed E-state index contributed by atoms with van der Waals surface area (Å²) in [7, 11) is 1.62. The van der Waals surface area contributed by atoms with Gasteiger partial charge in [0.15, 0.2) is 0 Å². The van der Waals surface area contributed by atoms with E-state index < -0.39 is 17.3 Å². The molecule has 7 nitrogen and oxygen atoms in total. The standard InChI is InChI=1S/C26H33F3N4O3S/c1-36-16-24-31-14-22(37-24)25(35)10-7-20(8-11-25)33-12-9-19(15-33)32-23(34)6-5-21(30)17-3-2-4-18(13-17)26(27,28)29/h2-4,13-14,19-20,30,35H,5-12,15-16H2,1H3,(H,32,34). The van der Waals surface area contributed by atoms with Gasteiger partial charge in [-0.15, -0.1) is 11.3 Å². The fraction of sp³-hybridized carbons (Fsp3) is 0.577. The molecule has 0 spiro atoms. The molecule has 1 amide bonds. The Morgan fingerprint density at radius 3 is 2.76 bits per heavy atom. The first kappa shape index (κ1) is 27.7. The number of carbonyl (C=O) groups is 1. The summed E-state index contributed by atoms with van der Waals surface area (Å²) in [5.41, 5.74) is -1.45. The molecule has 202 valence electrons. The Kier molecular flexibility index (Phi) is 8.67. The second kappa shape index (κ2) is 11.6. The van der Waals surface area contributed by atoms with Crippen LogP contribution < -0.4 is 5.32 Å². The molecule has 2 fully saturated rings. The number of thiazole rings is 1. The monoisotopic (exact) mass is 538 g/mol. The van der Waals surface area contributed by atoms with Crippen molar-refractivity contribution in [2.45, 2.75) is 75.4 Å². The lowest BCUT2D eigenvalue weighted by atomic mass is 9.81. The van der Waals surface area contributed by atoms with E-state index in [1.807, 2.05) is 0 Å². The van der Waals surface area contributed by atoms with Gasteiger partial charge in [-0.05, 0) is 56.2 Å². The van der Waals surface area contributed by atoms with Crippen molar-refractivity contribution < 1.29 is 27.8 Å². The molecule has 2 heterocycles. The summed E-state index contributed by atoms with van der Waals surface area (Å²) >= 11 is 1.50. The number of benzene rings is 1. The van der Waals surface area contributed by atoms with Crippen molar-refractivity contribution in [3.8, 4) is 0 Å². The Labute approximate surface area is 218 Å². The number of alkyl halides is 3. The summed E-state index contributed by atoms with van der Waals surface area (Å²) in [5, 5.41) is 23.2. The van der Waals surface area contributed by atoms with Gasteiger partial charge in [-0.25, -0.2) is 4.98 Å². The number of halogens is 3. The van der Waals surface area contributed by atoms with Gasteiger partial charge >= 0.3 is 6.18 Å². The summed E-state index contributed by atoms with van der Waals surface area (Å²) in [6.45, 7) is 2.04. The molecule has 1 aliphatic carbocycles. The molecule has 1 aromatic carbocycles. The Morgan fingerprint density at radius 2 is 2.05 bits per heavy atom. The molecule has 2 aliphatic rings. The summed E-state index contributed by atoms with van der Waals surface area (Å²) < 4.78 is 43.9. The molecule has 0 radical (unpaired) electrons. The molecular formula is C26H33F3N4O3S. The Morgan fingerprint density at radius 1 is 1.30 bits per heavy atom. The van der Waals surface area contributed by atoms with Crippen molar-refractivity contribution >= 4 is 23.0 Å². The average Bonchev–Trinajstić information content (AvgIpc) is 3.53. The lowest BCUT2D eigenvalue weighted by molar-refractivity contribution is -0.137. The lowest BCUT2D eigenvalue weighted by Crippen LogP contribution is -2.43. The van der Waals surface area contributed by atoms with E-state index in [1.54, 1.807) is 13.3 Å². The molecule has 3 N–H and O–H groups in total. The first-order chi connectivity index (χ1) is 17.6. The van der Waals surface area contributed by atoms with Crippen LogP contribution in [0.2, 0.25) is 0 Å². The topological polar surface area (TPSA) is 98.5 Å². The molecule has 1 saturated carbocycles. The van der Waals surface area contributed by atoms with E-state index in [0.717, 1.165) is 54.4 Å². The molecule has 1 aromatic heterocycles. The first-order valence-electron chi connectivity index (χ1n) is 12.5. The van der Waals surface area contributed by atoms with Gasteiger partial charge in [0, 0.05) is 50.6 Å². The van der Waals surface area contributed by atoms with Crippen molar-refractivity contribution in [3.05, 3.63) is 51.5 Å². The predicted molar refractivity (Wildman–Crippen MR) is 135 cm³/mol. The number of carbonyl (C=O) groups excluding carboxylic acids is 1. The number of aromatic nitrogens is 1. The quantitative estimate of drug-likeness (QED) is 0.409. The highest BCUT2D eigenvalue weighted by Gasteiger charge is 2.39. The van der Waals surface area contributed by atoms with E-state index >= 15 is 0 Å². The number of amides is 1. The van der Waals surface area contributed by atoms with Gasteiger partial charge in [-0.3, -0.25) is 9.69 Å². The lowest BCUT2D eigenvalue weighted by Gasteiger charge is -2.39.